The van der Waals surface area contributed by atoms with E-state index in [1.165, 1.54) is 0 Å². The normalized spacial score (nSPS) is 11.4. The van der Waals surface area contributed by atoms with Gasteiger partial charge in [0.25, 0.3) is 0 Å². The number of aliphatic hydroxyl groups is 2. The monoisotopic (exact) mass is 242 g/mol. The van der Waals surface area contributed by atoms with Crippen LogP contribution in [0.1, 0.15) is 11.1 Å². The second-order valence-electron chi connectivity index (χ2n) is 4.71. The molecule has 0 bridgehead atoms. The lowest BCUT2D eigenvalue weighted by molar-refractivity contribution is -0.0136. The van der Waals surface area contributed by atoms with Crippen molar-refractivity contribution in [3.8, 4) is 0 Å². The topological polar surface area (TPSA) is 40.5 Å². The van der Waals surface area contributed by atoms with E-state index in [0.29, 0.717) is 12.8 Å². The lowest BCUT2D eigenvalue weighted by Crippen LogP contribution is -2.38. The van der Waals surface area contributed by atoms with Gasteiger partial charge in [-0.2, -0.15) is 0 Å². The molecule has 0 saturated heterocycles. The molecule has 0 aromatic heterocycles. The van der Waals surface area contributed by atoms with Gasteiger partial charge in [-0.3, -0.25) is 0 Å². The molecule has 0 fully saturated rings. The molecule has 0 atom stereocenters. The second kappa shape index (κ2) is 5.80. The Bertz CT molecular complexity index is 423. The van der Waals surface area contributed by atoms with Crippen molar-refractivity contribution in [2.75, 3.05) is 6.61 Å². The predicted octanol–water partition coefficient (Wildman–Crippen LogP) is 2.20. The Hall–Kier alpha value is -1.64. The number of hydrogen-bond donors (Lipinski definition) is 2. The first-order chi connectivity index (χ1) is 8.72. The standard InChI is InChI=1S/C16H18O2/c17-13-16(18,11-14-7-3-1-4-8-14)12-15-9-5-2-6-10-15/h1-10,17-18H,11-13H2. The van der Waals surface area contributed by atoms with Crippen LogP contribution in [-0.4, -0.2) is 22.4 Å². The fourth-order valence-corrected chi connectivity index (χ4v) is 2.13. The third-order valence-electron chi connectivity index (χ3n) is 3.05. The zero-order valence-electron chi connectivity index (χ0n) is 10.3. The maximum absolute atomic E-state index is 10.5. The van der Waals surface area contributed by atoms with Gasteiger partial charge in [-0.1, -0.05) is 60.7 Å². The van der Waals surface area contributed by atoms with Gasteiger partial charge in [0.05, 0.1) is 12.2 Å². The molecule has 0 aliphatic carbocycles. The van der Waals surface area contributed by atoms with Gasteiger partial charge in [-0.05, 0) is 11.1 Å². The van der Waals surface area contributed by atoms with Gasteiger partial charge in [0.1, 0.15) is 0 Å². The third-order valence-corrected chi connectivity index (χ3v) is 3.05. The van der Waals surface area contributed by atoms with Crippen molar-refractivity contribution >= 4 is 0 Å². The quantitative estimate of drug-likeness (QED) is 0.844. The largest absolute Gasteiger partial charge is 0.393 e. The molecule has 94 valence electrons. The van der Waals surface area contributed by atoms with Crippen LogP contribution in [0.4, 0.5) is 0 Å². The van der Waals surface area contributed by atoms with Crippen molar-refractivity contribution in [3.05, 3.63) is 71.8 Å². The van der Waals surface area contributed by atoms with E-state index in [-0.39, 0.29) is 6.61 Å². The van der Waals surface area contributed by atoms with Crippen molar-refractivity contribution in [1.82, 2.24) is 0 Å². The molecule has 2 aromatic carbocycles. The zero-order chi connectivity index (χ0) is 12.8. The Kier molecular flexibility index (Phi) is 4.13. The molecule has 0 unspecified atom stereocenters. The number of benzene rings is 2. The van der Waals surface area contributed by atoms with E-state index in [2.05, 4.69) is 0 Å². The van der Waals surface area contributed by atoms with Gasteiger partial charge in [-0.15, -0.1) is 0 Å². The van der Waals surface area contributed by atoms with E-state index in [0.717, 1.165) is 11.1 Å². The summed E-state index contributed by atoms with van der Waals surface area (Å²) in [5.74, 6) is 0. The van der Waals surface area contributed by atoms with Gasteiger partial charge in [0, 0.05) is 12.8 Å². The molecule has 2 N–H and O–H groups in total. The van der Waals surface area contributed by atoms with E-state index in [1.807, 2.05) is 60.7 Å². The summed E-state index contributed by atoms with van der Waals surface area (Å²) in [4.78, 5) is 0. The number of rotatable bonds is 5. The molecule has 18 heavy (non-hydrogen) atoms. The smallest absolute Gasteiger partial charge is 0.0957 e. The first-order valence-corrected chi connectivity index (χ1v) is 6.13. The maximum Gasteiger partial charge on any atom is 0.0957 e. The lowest BCUT2D eigenvalue weighted by Gasteiger charge is -2.26. The zero-order valence-corrected chi connectivity index (χ0v) is 10.3. The molecule has 2 rings (SSSR count). The summed E-state index contributed by atoms with van der Waals surface area (Å²) in [6, 6.07) is 19.5. The van der Waals surface area contributed by atoms with Gasteiger partial charge in [-0.25, -0.2) is 0 Å². The van der Waals surface area contributed by atoms with Crippen LogP contribution in [0.25, 0.3) is 0 Å². The molecule has 0 spiro atoms. The molecule has 2 nitrogen and oxygen atoms in total. The molecular formula is C16H18O2. The summed E-state index contributed by atoms with van der Waals surface area (Å²) in [5.41, 5.74) is 0.970. The molecule has 2 heteroatoms. The van der Waals surface area contributed by atoms with E-state index >= 15 is 0 Å². The minimum Gasteiger partial charge on any atom is -0.393 e. The van der Waals surface area contributed by atoms with E-state index in [4.69, 9.17) is 0 Å². The molecule has 0 amide bonds. The van der Waals surface area contributed by atoms with Crippen molar-refractivity contribution in [1.29, 1.82) is 0 Å². The van der Waals surface area contributed by atoms with E-state index in [1.54, 1.807) is 0 Å². The van der Waals surface area contributed by atoms with Crippen LogP contribution in [0.15, 0.2) is 60.7 Å². The second-order valence-corrected chi connectivity index (χ2v) is 4.71. The lowest BCUT2D eigenvalue weighted by atomic mass is 9.89. The van der Waals surface area contributed by atoms with E-state index < -0.39 is 5.60 Å². The van der Waals surface area contributed by atoms with Crippen molar-refractivity contribution in [3.63, 3.8) is 0 Å². The Balaban J connectivity index is 2.11. The highest BCUT2D eigenvalue weighted by atomic mass is 16.3. The predicted molar refractivity (Wildman–Crippen MR) is 72.3 cm³/mol. The number of aliphatic hydroxyl groups excluding tert-OH is 1. The van der Waals surface area contributed by atoms with Gasteiger partial charge < -0.3 is 10.2 Å². The fraction of sp³-hybridized carbons (Fsp3) is 0.250. The van der Waals surface area contributed by atoms with Gasteiger partial charge in [0.15, 0.2) is 0 Å². The minimum atomic E-state index is -1.09. The SMILES string of the molecule is OCC(O)(Cc1ccccc1)Cc1ccccc1. The highest BCUT2D eigenvalue weighted by Gasteiger charge is 2.26. The van der Waals surface area contributed by atoms with Crippen LogP contribution in [-0.2, 0) is 12.8 Å². The summed E-state index contributed by atoms with van der Waals surface area (Å²) in [6.07, 6.45) is 0.915. The fourth-order valence-electron chi connectivity index (χ4n) is 2.13. The summed E-state index contributed by atoms with van der Waals surface area (Å²) in [5, 5.41) is 19.9. The van der Waals surface area contributed by atoms with Crippen LogP contribution in [0, 0.1) is 0 Å². The number of hydrogen-bond acceptors (Lipinski definition) is 2. The summed E-state index contributed by atoms with van der Waals surface area (Å²) >= 11 is 0. The van der Waals surface area contributed by atoms with Crippen LogP contribution >= 0.6 is 0 Å². The van der Waals surface area contributed by atoms with Crippen molar-refractivity contribution < 1.29 is 10.2 Å². The van der Waals surface area contributed by atoms with E-state index in [9.17, 15) is 10.2 Å². The molecule has 2 aromatic rings. The molecule has 0 aliphatic rings. The summed E-state index contributed by atoms with van der Waals surface area (Å²) in [6.45, 7) is -0.239. The third kappa shape index (κ3) is 3.42. The Labute approximate surface area is 108 Å². The minimum absolute atomic E-state index is 0.239. The first kappa shape index (κ1) is 12.8. The molecule has 0 saturated carbocycles. The van der Waals surface area contributed by atoms with Crippen LogP contribution in [0.5, 0.6) is 0 Å². The van der Waals surface area contributed by atoms with Crippen LogP contribution < -0.4 is 0 Å². The summed E-state index contributed by atoms with van der Waals surface area (Å²) in [7, 11) is 0. The van der Waals surface area contributed by atoms with Crippen LogP contribution in [0.3, 0.4) is 0 Å². The van der Waals surface area contributed by atoms with Gasteiger partial charge in [0.2, 0.25) is 0 Å². The van der Waals surface area contributed by atoms with Crippen molar-refractivity contribution in [2.45, 2.75) is 18.4 Å². The first-order valence-electron chi connectivity index (χ1n) is 6.13. The van der Waals surface area contributed by atoms with Gasteiger partial charge >= 0.3 is 0 Å². The average molecular weight is 242 g/mol. The average Bonchev–Trinajstić information content (AvgIpc) is 2.41. The molecular weight excluding hydrogens is 224 g/mol. The maximum atomic E-state index is 10.5. The summed E-state index contributed by atoms with van der Waals surface area (Å²) < 4.78 is 0. The Morgan fingerprint density at radius 3 is 1.44 bits per heavy atom. The van der Waals surface area contributed by atoms with Crippen molar-refractivity contribution in [2.24, 2.45) is 0 Å². The highest BCUT2D eigenvalue weighted by Crippen LogP contribution is 2.18. The van der Waals surface area contributed by atoms with Crippen LogP contribution in [0.2, 0.25) is 0 Å². The molecule has 0 aliphatic heterocycles. The Morgan fingerprint density at radius 1 is 0.722 bits per heavy atom. The molecule has 0 radical (unpaired) electrons. The Morgan fingerprint density at radius 2 is 1.11 bits per heavy atom. The highest BCUT2D eigenvalue weighted by molar-refractivity contribution is 5.21. The molecule has 0 heterocycles.